The number of hydrogen-bond acceptors (Lipinski definition) is 5. The molecule has 0 N–H and O–H groups in total. The van der Waals surface area contributed by atoms with Crippen LogP contribution in [0.25, 0.3) is 60.7 Å². The standard InChI is InChI=1S/C44H32N4O2/c1-28-15-18-36-37-26-45-44(25-43(37)50-42(36)21-28)48-38-14-7-6-13-34(38)35-19-17-33(24-40(35)48)49-32-12-8-11-31(23-32)47-27-46(2)39-20-16-30(22-41(39)47)29-9-4-3-5-10-29/h3-26H,27H2,1-2H3/i2D3. The average molecular weight is 652 g/mol. The lowest BCUT2D eigenvalue weighted by atomic mass is 10.0. The van der Waals surface area contributed by atoms with E-state index >= 15 is 0 Å². The summed E-state index contributed by atoms with van der Waals surface area (Å²) >= 11 is 0. The van der Waals surface area contributed by atoms with Crippen LogP contribution in [0.5, 0.6) is 11.5 Å². The van der Waals surface area contributed by atoms with Crippen molar-refractivity contribution in [3.63, 3.8) is 0 Å². The second-order valence-corrected chi connectivity index (χ2v) is 12.8. The molecule has 1 aliphatic heterocycles. The van der Waals surface area contributed by atoms with E-state index < -0.39 is 6.98 Å². The Balaban J connectivity index is 1.03. The molecule has 6 nitrogen and oxygen atoms in total. The molecule has 9 aromatic rings. The number of pyridine rings is 1. The fourth-order valence-corrected chi connectivity index (χ4v) is 7.29. The Morgan fingerprint density at radius 3 is 2.38 bits per heavy atom. The second kappa shape index (κ2) is 11.0. The number of anilines is 3. The lowest BCUT2D eigenvalue weighted by Gasteiger charge is -2.20. The summed E-state index contributed by atoms with van der Waals surface area (Å²) in [5.41, 5.74) is 9.16. The van der Waals surface area contributed by atoms with E-state index in [9.17, 15) is 0 Å². The minimum Gasteiger partial charge on any atom is -0.457 e. The Hall–Kier alpha value is -6.53. The second-order valence-electron chi connectivity index (χ2n) is 12.8. The van der Waals surface area contributed by atoms with Crippen molar-refractivity contribution in [2.75, 3.05) is 23.4 Å². The van der Waals surface area contributed by atoms with Crippen LogP contribution in [0.1, 0.15) is 9.68 Å². The van der Waals surface area contributed by atoms with Crippen LogP contribution in [0, 0.1) is 6.92 Å². The van der Waals surface area contributed by atoms with Crippen LogP contribution in [0.2, 0.25) is 0 Å². The molecule has 0 atom stereocenters. The molecule has 0 bridgehead atoms. The maximum atomic E-state index is 8.28. The maximum Gasteiger partial charge on any atom is 0.141 e. The first-order valence-electron chi connectivity index (χ1n) is 18.1. The molecule has 3 aromatic heterocycles. The SMILES string of the molecule is [2H]C([2H])([2H])N1CN(c2cccc(Oc3ccc4c5ccccc5n(-c5cc6oc7cc(C)ccc7c6cn5)c4c3)c2)c2cc(-c3ccccc3)ccc21. The van der Waals surface area contributed by atoms with E-state index in [4.69, 9.17) is 18.3 Å². The van der Waals surface area contributed by atoms with Gasteiger partial charge in [0.1, 0.15) is 28.5 Å². The Morgan fingerprint density at radius 2 is 1.46 bits per heavy atom. The number of para-hydroxylation sites is 1. The summed E-state index contributed by atoms with van der Waals surface area (Å²) in [5.74, 6) is 2.05. The van der Waals surface area contributed by atoms with E-state index in [1.807, 2.05) is 96.0 Å². The van der Waals surface area contributed by atoms with Crippen LogP contribution in [-0.4, -0.2) is 23.2 Å². The summed E-state index contributed by atoms with van der Waals surface area (Å²) in [5, 5.41) is 4.22. The summed E-state index contributed by atoms with van der Waals surface area (Å²) in [4.78, 5) is 8.44. The van der Waals surface area contributed by atoms with Crippen molar-refractivity contribution in [2.45, 2.75) is 6.92 Å². The molecule has 0 saturated heterocycles. The van der Waals surface area contributed by atoms with Crippen molar-refractivity contribution in [1.29, 1.82) is 0 Å². The molecule has 6 aromatic carbocycles. The van der Waals surface area contributed by atoms with Crippen LogP contribution in [-0.2, 0) is 0 Å². The summed E-state index contributed by atoms with van der Waals surface area (Å²) in [7, 11) is 0. The molecule has 10 rings (SSSR count). The quantitative estimate of drug-likeness (QED) is 0.185. The summed E-state index contributed by atoms with van der Waals surface area (Å²) in [6, 6.07) is 46.5. The third-order valence-electron chi connectivity index (χ3n) is 9.69. The number of fused-ring (bicyclic) bond motifs is 7. The van der Waals surface area contributed by atoms with Crippen LogP contribution in [0.15, 0.2) is 150 Å². The predicted molar refractivity (Wildman–Crippen MR) is 204 cm³/mol. The highest BCUT2D eigenvalue weighted by atomic mass is 16.5. The lowest BCUT2D eigenvalue weighted by Crippen LogP contribution is -2.23. The van der Waals surface area contributed by atoms with Crippen LogP contribution in [0.3, 0.4) is 0 Å². The molecule has 240 valence electrons. The monoisotopic (exact) mass is 651 g/mol. The van der Waals surface area contributed by atoms with E-state index in [-0.39, 0.29) is 6.67 Å². The van der Waals surface area contributed by atoms with Crippen LogP contribution >= 0.6 is 0 Å². The van der Waals surface area contributed by atoms with Crippen molar-refractivity contribution < 1.29 is 13.3 Å². The van der Waals surface area contributed by atoms with Gasteiger partial charge in [-0.2, -0.15) is 0 Å². The van der Waals surface area contributed by atoms with Crippen molar-refractivity contribution in [3.05, 3.63) is 151 Å². The zero-order valence-electron chi connectivity index (χ0n) is 30.2. The van der Waals surface area contributed by atoms with Gasteiger partial charge >= 0.3 is 0 Å². The molecule has 1 aliphatic rings. The molecule has 0 amide bonds. The van der Waals surface area contributed by atoms with Gasteiger partial charge in [0.15, 0.2) is 0 Å². The molecular formula is C44H32N4O2. The Labute approximate surface area is 293 Å². The topological polar surface area (TPSA) is 46.7 Å². The highest BCUT2D eigenvalue weighted by Crippen LogP contribution is 2.43. The van der Waals surface area contributed by atoms with Gasteiger partial charge in [0.2, 0.25) is 0 Å². The van der Waals surface area contributed by atoms with Crippen molar-refractivity contribution in [2.24, 2.45) is 0 Å². The third-order valence-corrected chi connectivity index (χ3v) is 9.69. The number of ether oxygens (including phenoxy) is 1. The lowest BCUT2D eigenvalue weighted by molar-refractivity contribution is 0.483. The summed E-state index contributed by atoms with van der Waals surface area (Å²) in [6.45, 7) is -0.0599. The number of aromatic nitrogens is 2. The van der Waals surface area contributed by atoms with Gasteiger partial charge in [0, 0.05) is 62.7 Å². The Morgan fingerprint density at radius 1 is 0.640 bits per heavy atom. The summed E-state index contributed by atoms with van der Waals surface area (Å²) in [6.07, 6.45) is 1.89. The molecular weight excluding hydrogens is 617 g/mol. The fourth-order valence-electron chi connectivity index (χ4n) is 7.29. The van der Waals surface area contributed by atoms with Gasteiger partial charge in [-0.25, -0.2) is 4.98 Å². The zero-order valence-corrected chi connectivity index (χ0v) is 27.2. The Bertz CT molecular complexity index is 2880. The molecule has 0 fully saturated rings. The number of benzene rings is 6. The van der Waals surface area contributed by atoms with Gasteiger partial charge in [-0.05, 0) is 72.1 Å². The molecule has 50 heavy (non-hydrogen) atoms. The first kappa shape index (κ1) is 25.5. The highest BCUT2D eigenvalue weighted by Gasteiger charge is 2.25. The molecule has 0 spiro atoms. The highest BCUT2D eigenvalue weighted by molar-refractivity contribution is 6.10. The first-order chi connectivity index (χ1) is 25.8. The van der Waals surface area contributed by atoms with E-state index in [0.29, 0.717) is 17.2 Å². The number of rotatable bonds is 5. The minimum absolute atomic E-state index is 0.182. The average Bonchev–Trinajstić information content (AvgIpc) is 3.84. The molecule has 0 saturated carbocycles. The van der Waals surface area contributed by atoms with E-state index in [2.05, 4.69) is 66.1 Å². The van der Waals surface area contributed by atoms with Crippen LogP contribution < -0.4 is 14.5 Å². The molecule has 4 heterocycles. The van der Waals surface area contributed by atoms with Gasteiger partial charge < -0.3 is 19.0 Å². The third kappa shape index (κ3) is 4.53. The van der Waals surface area contributed by atoms with E-state index in [1.54, 1.807) is 0 Å². The van der Waals surface area contributed by atoms with Crippen molar-refractivity contribution >= 4 is 60.8 Å². The smallest absolute Gasteiger partial charge is 0.141 e. The van der Waals surface area contributed by atoms with Crippen molar-refractivity contribution in [3.8, 4) is 28.4 Å². The normalized spacial score (nSPS) is 14.0. The van der Waals surface area contributed by atoms with Gasteiger partial charge in [0.25, 0.3) is 0 Å². The maximum absolute atomic E-state index is 8.28. The summed E-state index contributed by atoms with van der Waals surface area (Å²) < 4.78 is 39.9. The van der Waals surface area contributed by atoms with Gasteiger partial charge in [-0.3, -0.25) is 4.57 Å². The molecule has 0 radical (unpaired) electrons. The number of hydrogen-bond donors (Lipinski definition) is 0. The van der Waals surface area contributed by atoms with Gasteiger partial charge in [0.05, 0.1) is 29.1 Å². The van der Waals surface area contributed by atoms with Crippen molar-refractivity contribution in [1.82, 2.24) is 9.55 Å². The number of aryl methyl sites for hydroxylation is 1. The molecule has 0 aliphatic carbocycles. The number of nitrogens with zero attached hydrogens (tertiary/aromatic N) is 4. The largest absolute Gasteiger partial charge is 0.457 e. The van der Waals surface area contributed by atoms with E-state index in [1.165, 1.54) is 4.90 Å². The number of furan rings is 1. The molecule has 6 heteroatoms. The zero-order chi connectivity index (χ0) is 35.8. The van der Waals surface area contributed by atoms with Gasteiger partial charge in [-0.1, -0.05) is 72.8 Å². The van der Waals surface area contributed by atoms with Gasteiger partial charge in [-0.15, -0.1) is 0 Å². The van der Waals surface area contributed by atoms with Crippen LogP contribution in [0.4, 0.5) is 17.1 Å². The van der Waals surface area contributed by atoms with E-state index in [0.717, 1.165) is 77.6 Å². The Kier molecular flexibility index (Phi) is 5.61. The minimum atomic E-state index is -2.30. The predicted octanol–water partition coefficient (Wildman–Crippen LogP) is 11.4. The molecule has 0 unspecified atom stereocenters. The fraction of sp³-hybridized carbons (Fsp3) is 0.0682. The first-order valence-corrected chi connectivity index (χ1v) is 16.6.